The van der Waals surface area contributed by atoms with Gasteiger partial charge >= 0.3 is 5.97 Å². The van der Waals surface area contributed by atoms with Gasteiger partial charge in [-0.1, -0.05) is 35.0 Å². The molecule has 4 heteroatoms. The molecule has 0 saturated heterocycles. The van der Waals surface area contributed by atoms with Gasteiger partial charge in [-0.05, 0) is 24.1 Å². The largest absolute Gasteiger partial charge is 0.426 e. The first-order chi connectivity index (χ1) is 7.17. The molecule has 1 aromatic rings. The lowest BCUT2D eigenvalue weighted by Gasteiger charge is -2.08. The zero-order valence-electron chi connectivity index (χ0n) is 8.44. The second-order valence-electron chi connectivity index (χ2n) is 3.10. The lowest BCUT2D eigenvalue weighted by Crippen LogP contribution is -2.19. The number of carbonyl (C=O) groups excluding carboxylic acids is 1. The van der Waals surface area contributed by atoms with Gasteiger partial charge in [-0.3, -0.25) is 4.79 Å². The van der Waals surface area contributed by atoms with Crippen molar-refractivity contribution in [2.45, 2.75) is 24.8 Å². The quantitative estimate of drug-likeness (QED) is 0.520. The molecule has 0 bridgehead atoms. The predicted molar refractivity (Wildman–Crippen MR) is 61.0 cm³/mol. The molecule has 1 rings (SSSR count). The van der Waals surface area contributed by atoms with E-state index in [0.29, 0.717) is 12.2 Å². The topological polar surface area (TPSA) is 46.5 Å². The van der Waals surface area contributed by atoms with E-state index in [1.54, 1.807) is 24.3 Å². The van der Waals surface area contributed by atoms with Gasteiger partial charge in [0, 0.05) is 0 Å². The minimum Gasteiger partial charge on any atom is -0.426 e. The maximum Gasteiger partial charge on any atom is 0.325 e. The van der Waals surface area contributed by atoms with Gasteiger partial charge in [0.15, 0.2) is 0 Å². The summed E-state index contributed by atoms with van der Waals surface area (Å²) in [6.07, 6.45) is 0.679. The zero-order valence-corrected chi connectivity index (χ0v) is 10.0. The second-order valence-corrected chi connectivity index (χ2v) is 4.21. The maximum atomic E-state index is 11.4. The molecule has 0 amide bonds. The Hall–Kier alpha value is -0.870. The Morgan fingerprint density at radius 3 is 2.93 bits per heavy atom. The van der Waals surface area contributed by atoms with Crippen molar-refractivity contribution in [2.24, 2.45) is 0 Å². The summed E-state index contributed by atoms with van der Waals surface area (Å²) < 4.78 is 5.11. The van der Waals surface area contributed by atoms with Crippen LogP contribution in [-0.2, 0) is 11.4 Å². The van der Waals surface area contributed by atoms with E-state index in [2.05, 4.69) is 15.9 Å². The third kappa shape index (κ3) is 3.64. The number of esters is 1. The minimum atomic E-state index is -0.312. The van der Waals surface area contributed by atoms with Crippen LogP contribution in [0.15, 0.2) is 24.3 Å². The fourth-order valence-corrected chi connectivity index (χ4v) is 1.15. The molecule has 1 unspecified atom stereocenters. The number of ether oxygens (including phenoxy) is 1. The van der Waals surface area contributed by atoms with Crippen LogP contribution in [-0.4, -0.2) is 15.9 Å². The van der Waals surface area contributed by atoms with E-state index in [4.69, 9.17) is 9.84 Å². The van der Waals surface area contributed by atoms with Crippen molar-refractivity contribution in [1.82, 2.24) is 0 Å². The van der Waals surface area contributed by atoms with Crippen LogP contribution in [0.1, 0.15) is 18.9 Å². The van der Waals surface area contributed by atoms with Gasteiger partial charge in [-0.25, -0.2) is 0 Å². The Morgan fingerprint density at radius 1 is 1.60 bits per heavy atom. The highest BCUT2D eigenvalue weighted by Crippen LogP contribution is 2.16. The molecular weight excluding hydrogens is 260 g/mol. The number of aliphatic hydroxyl groups excluding tert-OH is 1. The molecule has 0 heterocycles. The summed E-state index contributed by atoms with van der Waals surface area (Å²) in [5.41, 5.74) is 0.725. The summed E-state index contributed by atoms with van der Waals surface area (Å²) >= 11 is 3.21. The predicted octanol–water partition coefficient (Wildman–Crippen LogP) is 2.26. The summed E-state index contributed by atoms with van der Waals surface area (Å²) in [5.74, 6) is 0.150. The molecule has 82 valence electrons. The molecule has 0 aliphatic rings. The monoisotopic (exact) mass is 272 g/mol. The third-order valence-corrected chi connectivity index (χ3v) is 2.93. The van der Waals surface area contributed by atoms with E-state index in [-0.39, 0.29) is 17.4 Å². The van der Waals surface area contributed by atoms with Crippen LogP contribution in [0.25, 0.3) is 0 Å². The molecule has 1 aromatic carbocycles. The Labute approximate surface area is 97.2 Å². The van der Waals surface area contributed by atoms with Gasteiger partial charge < -0.3 is 9.84 Å². The van der Waals surface area contributed by atoms with Crippen LogP contribution in [0.3, 0.4) is 0 Å². The highest BCUT2D eigenvalue weighted by molar-refractivity contribution is 9.10. The summed E-state index contributed by atoms with van der Waals surface area (Å²) in [5, 5.41) is 8.90. The highest BCUT2D eigenvalue weighted by Gasteiger charge is 2.14. The van der Waals surface area contributed by atoms with Gasteiger partial charge in [0.05, 0.1) is 6.61 Å². The lowest BCUT2D eigenvalue weighted by atomic mass is 10.2. The molecule has 15 heavy (non-hydrogen) atoms. The van der Waals surface area contributed by atoms with Crippen molar-refractivity contribution in [2.75, 3.05) is 0 Å². The van der Waals surface area contributed by atoms with Gasteiger partial charge in [0.25, 0.3) is 0 Å². The normalized spacial score (nSPS) is 12.2. The van der Waals surface area contributed by atoms with Crippen LogP contribution >= 0.6 is 15.9 Å². The van der Waals surface area contributed by atoms with Crippen LogP contribution in [0.4, 0.5) is 0 Å². The van der Waals surface area contributed by atoms with E-state index in [9.17, 15) is 4.79 Å². The summed E-state index contributed by atoms with van der Waals surface area (Å²) in [4.78, 5) is 11.1. The van der Waals surface area contributed by atoms with Gasteiger partial charge in [-0.15, -0.1) is 0 Å². The van der Waals surface area contributed by atoms with E-state index in [1.165, 1.54) is 0 Å². The average Bonchev–Trinajstić information content (AvgIpc) is 2.28. The molecular formula is C11H13BrO3. The van der Waals surface area contributed by atoms with Crippen LogP contribution in [0.2, 0.25) is 0 Å². The maximum absolute atomic E-state index is 11.4. The van der Waals surface area contributed by atoms with Crippen molar-refractivity contribution < 1.29 is 14.6 Å². The van der Waals surface area contributed by atoms with Crippen molar-refractivity contribution in [3.63, 3.8) is 0 Å². The minimum absolute atomic E-state index is 0.0586. The van der Waals surface area contributed by atoms with Crippen molar-refractivity contribution in [1.29, 1.82) is 0 Å². The van der Waals surface area contributed by atoms with Crippen molar-refractivity contribution >= 4 is 21.9 Å². The Morgan fingerprint density at radius 2 is 2.33 bits per heavy atom. The standard InChI is InChI=1S/C11H13BrO3/c1-2-10(12)11(14)15-9-5-3-4-8(6-9)7-13/h3-6,10,13H,2,7H2,1H3. The number of aliphatic hydroxyl groups is 1. The number of halogens is 1. The smallest absolute Gasteiger partial charge is 0.325 e. The number of hydrogen-bond acceptors (Lipinski definition) is 3. The van der Waals surface area contributed by atoms with Gasteiger partial charge in [-0.2, -0.15) is 0 Å². The van der Waals surface area contributed by atoms with E-state index in [1.807, 2.05) is 6.92 Å². The second kappa shape index (κ2) is 5.88. The molecule has 0 radical (unpaired) electrons. The van der Waals surface area contributed by atoms with E-state index >= 15 is 0 Å². The fraction of sp³-hybridized carbons (Fsp3) is 0.364. The van der Waals surface area contributed by atoms with Crippen molar-refractivity contribution in [3.05, 3.63) is 29.8 Å². The molecule has 1 atom stereocenters. The first kappa shape index (κ1) is 12.2. The fourth-order valence-electron chi connectivity index (χ4n) is 1.05. The highest BCUT2D eigenvalue weighted by atomic mass is 79.9. The summed E-state index contributed by atoms with van der Waals surface area (Å²) in [6, 6.07) is 6.84. The van der Waals surface area contributed by atoms with Gasteiger partial charge in [0.2, 0.25) is 0 Å². The SMILES string of the molecule is CCC(Br)C(=O)Oc1cccc(CO)c1. The zero-order chi connectivity index (χ0) is 11.3. The Kier molecular flexibility index (Phi) is 4.78. The van der Waals surface area contributed by atoms with E-state index in [0.717, 1.165) is 5.56 Å². The average molecular weight is 273 g/mol. The number of alkyl halides is 1. The summed E-state index contributed by atoms with van der Waals surface area (Å²) in [6.45, 7) is 1.84. The molecule has 1 N–H and O–H groups in total. The van der Waals surface area contributed by atoms with E-state index < -0.39 is 0 Å². The number of rotatable bonds is 4. The number of carbonyl (C=O) groups is 1. The lowest BCUT2D eigenvalue weighted by molar-refractivity contribution is -0.133. The molecule has 0 spiro atoms. The molecule has 0 aromatic heterocycles. The first-order valence-electron chi connectivity index (χ1n) is 4.73. The molecule has 0 saturated carbocycles. The van der Waals surface area contributed by atoms with Crippen molar-refractivity contribution in [3.8, 4) is 5.75 Å². The van der Waals surface area contributed by atoms with Crippen LogP contribution < -0.4 is 4.74 Å². The first-order valence-corrected chi connectivity index (χ1v) is 5.64. The Bertz CT molecular complexity index is 338. The Balaban J connectivity index is 2.68. The molecule has 3 nitrogen and oxygen atoms in total. The number of benzene rings is 1. The molecule has 0 aliphatic carbocycles. The van der Waals surface area contributed by atoms with Crippen LogP contribution in [0, 0.1) is 0 Å². The molecule has 0 aliphatic heterocycles. The van der Waals surface area contributed by atoms with Gasteiger partial charge in [0.1, 0.15) is 10.6 Å². The van der Waals surface area contributed by atoms with Crippen LogP contribution in [0.5, 0.6) is 5.75 Å². The third-order valence-electron chi connectivity index (χ3n) is 1.91. The summed E-state index contributed by atoms with van der Waals surface area (Å²) in [7, 11) is 0. The number of hydrogen-bond donors (Lipinski definition) is 1. The molecule has 0 fully saturated rings.